The van der Waals surface area contributed by atoms with Crippen LogP contribution < -0.4 is 15.4 Å². The van der Waals surface area contributed by atoms with E-state index in [0.717, 1.165) is 12.8 Å². The number of carbonyl (C=O) groups is 3. The molecular weight excluding hydrogens is 688 g/mol. The van der Waals surface area contributed by atoms with Crippen molar-refractivity contribution in [2.24, 2.45) is 34.5 Å². The fourth-order valence-corrected chi connectivity index (χ4v) is 9.48. The number of carbonyl (C=O) groups excluding carboxylic acids is 2. The number of carboxylic acid groups (broad SMARTS) is 1. The topological polar surface area (TPSA) is 161 Å². The van der Waals surface area contributed by atoms with Crippen LogP contribution in [0.1, 0.15) is 94.0 Å². The highest BCUT2D eigenvalue weighted by atomic mass is 16.7. The molecule has 12 heteroatoms. The first kappa shape index (κ1) is 41.6. The predicted octanol–water partition coefficient (Wildman–Crippen LogP) is 4.82. The van der Waals surface area contributed by atoms with Gasteiger partial charge in [-0.05, 0) is 92.6 Å². The first-order valence-electron chi connectivity index (χ1n) is 19.3. The van der Waals surface area contributed by atoms with Gasteiger partial charge in [-0.1, -0.05) is 59.7 Å². The van der Waals surface area contributed by atoms with Crippen LogP contribution in [0.15, 0.2) is 36.4 Å². The van der Waals surface area contributed by atoms with E-state index in [1.54, 1.807) is 25.1 Å². The van der Waals surface area contributed by atoms with Crippen LogP contribution in [0, 0.1) is 34.5 Å². The molecule has 2 bridgehead atoms. The van der Waals surface area contributed by atoms with E-state index in [4.69, 9.17) is 9.57 Å². The second kappa shape index (κ2) is 16.3. The molecule has 0 spiro atoms. The van der Waals surface area contributed by atoms with Gasteiger partial charge in [0.1, 0.15) is 17.9 Å². The normalized spacial score (nSPS) is 27.5. The van der Waals surface area contributed by atoms with Crippen molar-refractivity contribution in [2.75, 3.05) is 34.4 Å². The molecule has 298 valence electrons. The third-order valence-corrected chi connectivity index (χ3v) is 12.2. The molecule has 2 aromatic rings. The van der Waals surface area contributed by atoms with Crippen molar-refractivity contribution in [3.8, 4) is 16.9 Å². The number of para-hydroxylation sites is 1. The second-order valence-corrected chi connectivity index (χ2v) is 18.0. The third-order valence-electron chi connectivity index (χ3n) is 12.2. The number of benzene rings is 2. The van der Waals surface area contributed by atoms with E-state index in [9.17, 15) is 29.7 Å². The summed E-state index contributed by atoms with van der Waals surface area (Å²) in [6.07, 6.45) is 1.03. The van der Waals surface area contributed by atoms with Crippen LogP contribution in [-0.2, 0) is 16.2 Å². The van der Waals surface area contributed by atoms with Gasteiger partial charge in [-0.3, -0.25) is 14.4 Å². The average molecular weight is 751 g/mol. The number of aliphatic hydroxyl groups excluding tert-OH is 2. The van der Waals surface area contributed by atoms with Gasteiger partial charge in [0.15, 0.2) is 0 Å². The summed E-state index contributed by atoms with van der Waals surface area (Å²) in [7, 11) is 5.40. The SMILES string of the molecule is COc1c(CN2O[C@@H](CO)[C@@H]([C@H](C)O)[C@H]2C(=O)N[C@H]2C[C@H]3C[C@@H]([C@@H]2C)C3(C)C)cccc1-c1cc(C(=O)O)cc(C(=O)N[C@H](CN(C)C)CC(C)(C)C)c1. The van der Waals surface area contributed by atoms with Crippen molar-refractivity contribution in [2.45, 2.75) is 105 Å². The Kier molecular flexibility index (Phi) is 12.5. The lowest BCUT2D eigenvalue weighted by atomic mass is 9.45. The Morgan fingerprint density at radius 2 is 1.80 bits per heavy atom. The first-order valence-corrected chi connectivity index (χ1v) is 19.3. The summed E-state index contributed by atoms with van der Waals surface area (Å²) >= 11 is 0. The highest BCUT2D eigenvalue weighted by Gasteiger charge is 2.57. The second-order valence-electron chi connectivity index (χ2n) is 18.0. The molecule has 1 aliphatic heterocycles. The van der Waals surface area contributed by atoms with E-state index in [2.05, 4.69) is 52.2 Å². The third kappa shape index (κ3) is 8.78. The summed E-state index contributed by atoms with van der Waals surface area (Å²) in [6.45, 7) is 15.1. The minimum Gasteiger partial charge on any atom is -0.496 e. The molecule has 1 saturated heterocycles. The van der Waals surface area contributed by atoms with Crippen LogP contribution in [0.25, 0.3) is 11.1 Å². The number of aromatic carboxylic acids is 1. The number of hydrogen-bond acceptors (Lipinski definition) is 9. The standard InChI is InChI=1S/C42H62N4O8/c1-23-32-17-29(42(32,6)7)18-33(23)44-39(50)36-35(24(2)48)34(22-47)54-46(36)20-25-12-11-13-31(37(25)53-10)26-14-27(16-28(15-26)40(51)52)38(49)43-30(21-45(8)9)19-41(3,4)5/h11-16,23-24,29-30,32-36,47-48H,17-22H2,1-10H3,(H,43,49)(H,44,50)(H,51,52)/t23-,24-,29+,30-,32-,33-,34-,35+,36-/m0/s1. The van der Waals surface area contributed by atoms with Gasteiger partial charge in [0.05, 0.1) is 31.9 Å². The summed E-state index contributed by atoms with van der Waals surface area (Å²) < 4.78 is 5.96. The molecule has 2 aromatic carbocycles. The Bertz CT molecular complexity index is 1690. The lowest BCUT2D eigenvalue weighted by Gasteiger charge is -2.62. The molecule has 9 atom stereocenters. The van der Waals surface area contributed by atoms with Crippen molar-refractivity contribution in [1.82, 2.24) is 20.6 Å². The fourth-order valence-electron chi connectivity index (χ4n) is 9.48. The van der Waals surface area contributed by atoms with Gasteiger partial charge in [0, 0.05) is 41.2 Å². The van der Waals surface area contributed by atoms with Crippen molar-refractivity contribution < 1.29 is 39.3 Å². The molecule has 2 amide bonds. The fraction of sp³-hybridized carbons (Fsp3) is 0.643. The molecule has 3 aliphatic carbocycles. The number of fused-ring (bicyclic) bond motifs is 2. The molecule has 54 heavy (non-hydrogen) atoms. The highest BCUT2D eigenvalue weighted by Crippen LogP contribution is 2.61. The Morgan fingerprint density at radius 3 is 2.35 bits per heavy atom. The zero-order valence-corrected chi connectivity index (χ0v) is 33.7. The van der Waals surface area contributed by atoms with Crippen LogP contribution in [0.5, 0.6) is 5.75 Å². The van der Waals surface area contributed by atoms with E-state index in [1.807, 2.05) is 25.1 Å². The van der Waals surface area contributed by atoms with E-state index in [-0.39, 0.29) is 59.0 Å². The van der Waals surface area contributed by atoms with Crippen LogP contribution in [0.3, 0.4) is 0 Å². The summed E-state index contributed by atoms with van der Waals surface area (Å²) in [4.78, 5) is 48.5. The first-order chi connectivity index (χ1) is 25.2. The maximum atomic E-state index is 14.2. The monoisotopic (exact) mass is 750 g/mol. The number of amides is 2. The van der Waals surface area contributed by atoms with E-state index < -0.39 is 30.1 Å². The Morgan fingerprint density at radius 1 is 1.11 bits per heavy atom. The number of rotatable bonds is 14. The summed E-state index contributed by atoms with van der Waals surface area (Å²) in [5.74, 6) is -0.730. The van der Waals surface area contributed by atoms with Crippen LogP contribution in [0.4, 0.5) is 0 Å². The Hall–Kier alpha value is -3.55. The van der Waals surface area contributed by atoms with Crippen LogP contribution in [0.2, 0.25) is 0 Å². The molecule has 0 radical (unpaired) electrons. The van der Waals surface area contributed by atoms with Gasteiger partial charge >= 0.3 is 5.97 Å². The molecule has 0 aromatic heterocycles. The number of aliphatic hydroxyl groups is 2. The largest absolute Gasteiger partial charge is 0.496 e. The number of likely N-dealkylation sites (N-methyl/N-ethyl adjacent to an activating group) is 1. The minimum atomic E-state index is -1.17. The zero-order chi connectivity index (χ0) is 39.9. The molecule has 4 aliphatic rings. The zero-order valence-electron chi connectivity index (χ0n) is 33.7. The number of nitrogens with one attached hydrogen (secondary N) is 2. The smallest absolute Gasteiger partial charge is 0.335 e. The van der Waals surface area contributed by atoms with Gasteiger partial charge in [-0.2, -0.15) is 5.06 Å². The summed E-state index contributed by atoms with van der Waals surface area (Å²) in [6, 6.07) is 8.91. The number of ether oxygens (including phenoxy) is 1. The Labute approximate surface area is 320 Å². The lowest BCUT2D eigenvalue weighted by Crippen LogP contribution is -2.62. The molecule has 6 rings (SSSR count). The maximum absolute atomic E-state index is 14.2. The van der Waals surface area contributed by atoms with Crippen LogP contribution >= 0.6 is 0 Å². The van der Waals surface area contributed by atoms with Crippen molar-refractivity contribution in [1.29, 1.82) is 0 Å². The lowest BCUT2D eigenvalue weighted by molar-refractivity contribution is -0.183. The summed E-state index contributed by atoms with van der Waals surface area (Å²) in [5.41, 5.74) is 2.02. The quantitative estimate of drug-likeness (QED) is 0.181. The molecule has 5 N–H and O–H groups in total. The molecule has 4 fully saturated rings. The molecule has 0 unspecified atom stereocenters. The van der Waals surface area contributed by atoms with E-state index >= 15 is 0 Å². The molecule has 12 nitrogen and oxygen atoms in total. The number of methoxy groups -OCH3 is 1. The van der Waals surface area contributed by atoms with Gasteiger partial charge in [-0.15, -0.1) is 0 Å². The molecular formula is C42H62N4O8. The van der Waals surface area contributed by atoms with Crippen molar-refractivity contribution in [3.05, 3.63) is 53.1 Å². The predicted molar refractivity (Wildman–Crippen MR) is 207 cm³/mol. The van der Waals surface area contributed by atoms with E-state index in [1.165, 1.54) is 30.7 Å². The van der Waals surface area contributed by atoms with Gasteiger partial charge in [0.2, 0.25) is 5.91 Å². The highest BCUT2D eigenvalue weighted by molar-refractivity contribution is 6.00. The maximum Gasteiger partial charge on any atom is 0.335 e. The number of hydrogen-bond donors (Lipinski definition) is 5. The van der Waals surface area contributed by atoms with Gasteiger partial charge < -0.3 is 35.6 Å². The van der Waals surface area contributed by atoms with Crippen molar-refractivity contribution >= 4 is 17.8 Å². The number of carboxylic acids is 1. The van der Waals surface area contributed by atoms with Gasteiger partial charge in [-0.25, -0.2) is 4.79 Å². The molecule has 1 heterocycles. The van der Waals surface area contributed by atoms with Gasteiger partial charge in [0.25, 0.3) is 5.91 Å². The Balaban J connectivity index is 1.45. The average Bonchev–Trinajstić information content (AvgIpc) is 3.46. The number of hydroxylamine groups is 2. The molecule has 3 saturated carbocycles. The van der Waals surface area contributed by atoms with Crippen LogP contribution in [-0.4, -0.2) is 108 Å². The van der Waals surface area contributed by atoms with E-state index in [0.29, 0.717) is 46.7 Å². The van der Waals surface area contributed by atoms with Crippen molar-refractivity contribution in [3.63, 3.8) is 0 Å². The minimum absolute atomic E-state index is 0.00338. The number of nitrogens with zero attached hydrogens (tertiary/aromatic N) is 2. The summed E-state index contributed by atoms with van der Waals surface area (Å²) in [5, 5.41) is 39.3.